The first-order chi connectivity index (χ1) is 13.4. The van der Waals surface area contributed by atoms with Crippen LogP contribution in [0.5, 0.6) is 0 Å². The smallest absolute Gasteiger partial charge is 0.275 e. The predicted molar refractivity (Wildman–Crippen MR) is 114 cm³/mol. The van der Waals surface area contributed by atoms with Gasteiger partial charge in [-0.15, -0.1) is 0 Å². The molecule has 3 aromatic rings. The molecule has 0 fully saturated rings. The molecule has 0 unspecified atom stereocenters. The van der Waals surface area contributed by atoms with Crippen molar-refractivity contribution >= 4 is 17.4 Å². The van der Waals surface area contributed by atoms with Crippen molar-refractivity contribution in [1.82, 2.24) is 9.97 Å². The third kappa shape index (κ3) is 4.74. The lowest BCUT2D eigenvalue weighted by molar-refractivity contribution is 0.102. The monoisotopic (exact) mass is 374 g/mol. The topological polar surface area (TPSA) is 66.9 Å². The number of para-hydroxylation sites is 1. The molecular weight excluding hydrogens is 348 g/mol. The molecular formula is C23H26N4O. The molecule has 0 saturated carbocycles. The highest BCUT2D eigenvalue weighted by molar-refractivity contribution is 6.03. The number of hydrogen-bond donors (Lipinski definition) is 2. The van der Waals surface area contributed by atoms with Crippen LogP contribution in [0.2, 0.25) is 0 Å². The van der Waals surface area contributed by atoms with Crippen LogP contribution < -0.4 is 10.6 Å². The molecule has 0 bridgehead atoms. The molecule has 3 rings (SSSR count). The van der Waals surface area contributed by atoms with Crippen LogP contribution in [0.15, 0.2) is 54.9 Å². The second-order valence-corrected chi connectivity index (χ2v) is 7.27. The zero-order chi connectivity index (χ0) is 20.1. The number of hydrogen-bond acceptors (Lipinski definition) is 4. The van der Waals surface area contributed by atoms with Crippen LogP contribution in [0.4, 0.5) is 11.5 Å². The van der Waals surface area contributed by atoms with E-state index in [0.717, 1.165) is 22.4 Å². The SMILES string of the molecule is Cc1ccc(CNc2cnc(C(=O)Nc3c(C)cccc3C(C)C)cn2)cc1. The van der Waals surface area contributed by atoms with Gasteiger partial charge >= 0.3 is 0 Å². The fourth-order valence-electron chi connectivity index (χ4n) is 2.96. The van der Waals surface area contributed by atoms with Gasteiger partial charge in [-0.05, 0) is 36.5 Å². The number of aromatic nitrogens is 2. The van der Waals surface area contributed by atoms with E-state index in [0.29, 0.717) is 24.0 Å². The highest BCUT2D eigenvalue weighted by Gasteiger charge is 2.14. The average Bonchev–Trinajstić information content (AvgIpc) is 2.69. The number of amides is 1. The van der Waals surface area contributed by atoms with Gasteiger partial charge in [-0.1, -0.05) is 61.9 Å². The normalized spacial score (nSPS) is 10.8. The van der Waals surface area contributed by atoms with Gasteiger partial charge in [0.25, 0.3) is 5.91 Å². The minimum absolute atomic E-state index is 0.256. The van der Waals surface area contributed by atoms with Crippen molar-refractivity contribution in [2.24, 2.45) is 0 Å². The summed E-state index contributed by atoms with van der Waals surface area (Å²) in [5, 5.41) is 6.22. The number of carbonyl (C=O) groups is 1. The molecule has 0 radical (unpaired) electrons. The largest absolute Gasteiger partial charge is 0.365 e. The minimum Gasteiger partial charge on any atom is -0.365 e. The molecule has 0 spiro atoms. The summed E-state index contributed by atoms with van der Waals surface area (Å²) >= 11 is 0. The molecule has 1 heterocycles. The highest BCUT2D eigenvalue weighted by atomic mass is 16.1. The van der Waals surface area contributed by atoms with Crippen LogP contribution in [-0.2, 0) is 6.54 Å². The van der Waals surface area contributed by atoms with Gasteiger partial charge in [0.05, 0.1) is 12.4 Å². The predicted octanol–water partition coefficient (Wildman–Crippen LogP) is 5.08. The molecule has 144 valence electrons. The lowest BCUT2D eigenvalue weighted by Crippen LogP contribution is -2.17. The molecule has 0 aliphatic carbocycles. The van der Waals surface area contributed by atoms with E-state index in [1.54, 1.807) is 6.20 Å². The van der Waals surface area contributed by atoms with E-state index < -0.39 is 0 Å². The van der Waals surface area contributed by atoms with Crippen LogP contribution in [-0.4, -0.2) is 15.9 Å². The molecule has 2 aromatic carbocycles. The van der Waals surface area contributed by atoms with E-state index in [-0.39, 0.29) is 5.91 Å². The molecule has 0 atom stereocenters. The van der Waals surface area contributed by atoms with E-state index in [4.69, 9.17) is 0 Å². The van der Waals surface area contributed by atoms with Gasteiger partial charge in [0.2, 0.25) is 0 Å². The summed E-state index contributed by atoms with van der Waals surface area (Å²) in [6.45, 7) is 8.93. The maximum Gasteiger partial charge on any atom is 0.275 e. The van der Waals surface area contributed by atoms with Gasteiger partial charge in [0.1, 0.15) is 11.5 Å². The molecule has 2 N–H and O–H groups in total. The fraction of sp³-hybridized carbons (Fsp3) is 0.261. The number of carbonyl (C=O) groups excluding carboxylic acids is 1. The molecule has 5 heteroatoms. The summed E-state index contributed by atoms with van der Waals surface area (Å²) in [6, 6.07) is 14.3. The third-order valence-electron chi connectivity index (χ3n) is 4.64. The molecule has 5 nitrogen and oxygen atoms in total. The van der Waals surface area contributed by atoms with Crippen molar-refractivity contribution in [3.8, 4) is 0 Å². The maximum absolute atomic E-state index is 12.6. The van der Waals surface area contributed by atoms with Gasteiger partial charge < -0.3 is 10.6 Å². The molecule has 0 aliphatic rings. The molecule has 28 heavy (non-hydrogen) atoms. The van der Waals surface area contributed by atoms with Gasteiger partial charge in [-0.25, -0.2) is 9.97 Å². The first-order valence-corrected chi connectivity index (χ1v) is 9.46. The summed E-state index contributed by atoms with van der Waals surface area (Å²) in [4.78, 5) is 21.2. The Kier molecular flexibility index (Phi) is 6.04. The summed E-state index contributed by atoms with van der Waals surface area (Å²) < 4.78 is 0. The van der Waals surface area contributed by atoms with Gasteiger partial charge in [-0.2, -0.15) is 0 Å². The van der Waals surface area contributed by atoms with Gasteiger partial charge in [-0.3, -0.25) is 4.79 Å². The second-order valence-electron chi connectivity index (χ2n) is 7.27. The summed E-state index contributed by atoms with van der Waals surface area (Å²) in [5.74, 6) is 0.694. The van der Waals surface area contributed by atoms with Crippen molar-refractivity contribution in [1.29, 1.82) is 0 Å². The first kappa shape index (κ1) is 19.5. The van der Waals surface area contributed by atoms with E-state index in [9.17, 15) is 4.79 Å². The number of benzene rings is 2. The number of anilines is 2. The molecule has 0 saturated heterocycles. The Hall–Kier alpha value is -3.21. The number of aryl methyl sites for hydroxylation is 2. The lowest BCUT2D eigenvalue weighted by atomic mass is 9.98. The Morgan fingerprint density at radius 1 is 1.00 bits per heavy atom. The summed E-state index contributed by atoms with van der Waals surface area (Å²) in [6.07, 6.45) is 3.09. The van der Waals surface area contributed by atoms with Gasteiger partial charge in [0.15, 0.2) is 0 Å². The average molecular weight is 374 g/mol. The molecule has 1 amide bonds. The zero-order valence-corrected chi connectivity index (χ0v) is 16.8. The summed E-state index contributed by atoms with van der Waals surface area (Å²) in [7, 11) is 0. The van der Waals surface area contributed by atoms with Crippen molar-refractivity contribution < 1.29 is 4.79 Å². The Morgan fingerprint density at radius 3 is 2.39 bits per heavy atom. The van der Waals surface area contributed by atoms with E-state index >= 15 is 0 Å². The van der Waals surface area contributed by atoms with E-state index in [2.05, 4.69) is 65.6 Å². The quantitative estimate of drug-likeness (QED) is 0.631. The van der Waals surface area contributed by atoms with Crippen LogP contribution in [0.3, 0.4) is 0 Å². The van der Waals surface area contributed by atoms with Crippen molar-refractivity contribution in [3.05, 3.63) is 82.8 Å². The van der Waals surface area contributed by atoms with Crippen LogP contribution >= 0.6 is 0 Å². The number of nitrogens with zero attached hydrogens (tertiary/aromatic N) is 2. The highest BCUT2D eigenvalue weighted by Crippen LogP contribution is 2.27. The van der Waals surface area contributed by atoms with Crippen LogP contribution in [0.1, 0.15) is 52.5 Å². The van der Waals surface area contributed by atoms with Crippen LogP contribution in [0.25, 0.3) is 0 Å². The minimum atomic E-state index is -0.256. The van der Waals surface area contributed by atoms with Crippen molar-refractivity contribution in [2.75, 3.05) is 10.6 Å². The Balaban J connectivity index is 1.66. The standard InChI is InChI=1S/C23H26N4O/c1-15(2)19-7-5-6-17(4)22(19)27-23(28)20-13-26-21(14-24-20)25-12-18-10-8-16(3)9-11-18/h5-11,13-15H,12H2,1-4H3,(H,25,26)(H,27,28). The maximum atomic E-state index is 12.6. The molecule has 1 aromatic heterocycles. The second kappa shape index (κ2) is 8.65. The first-order valence-electron chi connectivity index (χ1n) is 9.46. The number of rotatable bonds is 6. The lowest BCUT2D eigenvalue weighted by Gasteiger charge is -2.16. The Labute approximate surface area is 166 Å². The van der Waals surface area contributed by atoms with Gasteiger partial charge in [0, 0.05) is 12.2 Å². The Morgan fingerprint density at radius 2 is 1.75 bits per heavy atom. The fourth-order valence-corrected chi connectivity index (χ4v) is 2.96. The zero-order valence-electron chi connectivity index (χ0n) is 16.8. The number of nitrogens with one attached hydrogen (secondary N) is 2. The Bertz CT molecular complexity index is 947. The van der Waals surface area contributed by atoms with E-state index in [1.165, 1.54) is 11.8 Å². The van der Waals surface area contributed by atoms with E-state index in [1.807, 2.05) is 25.1 Å². The van der Waals surface area contributed by atoms with Crippen molar-refractivity contribution in [2.45, 2.75) is 40.2 Å². The van der Waals surface area contributed by atoms with Crippen LogP contribution in [0, 0.1) is 13.8 Å². The summed E-state index contributed by atoms with van der Waals surface area (Å²) in [5.41, 5.74) is 5.68. The molecule has 0 aliphatic heterocycles. The third-order valence-corrected chi connectivity index (χ3v) is 4.64. The van der Waals surface area contributed by atoms with Crippen molar-refractivity contribution in [3.63, 3.8) is 0 Å².